The molecule has 1 aromatic rings. The summed E-state index contributed by atoms with van der Waals surface area (Å²) >= 11 is 0. The Morgan fingerprint density at radius 1 is 1.38 bits per heavy atom. The fourth-order valence-corrected chi connectivity index (χ4v) is 6.21. The number of ether oxygens (including phenoxy) is 4. The van der Waals surface area contributed by atoms with Crippen molar-refractivity contribution >= 4 is 24.3 Å². The predicted octanol–water partition coefficient (Wildman–Crippen LogP) is 1.22. The van der Waals surface area contributed by atoms with E-state index in [-0.39, 0.29) is 31.4 Å². The van der Waals surface area contributed by atoms with Crippen molar-refractivity contribution < 1.29 is 33.6 Å². The van der Waals surface area contributed by atoms with Gasteiger partial charge in [-0.1, -0.05) is 6.07 Å². The first-order valence-corrected chi connectivity index (χ1v) is 11.4. The van der Waals surface area contributed by atoms with Gasteiger partial charge >= 0.3 is 11.9 Å². The molecule has 10 heteroatoms. The van der Waals surface area contributed by atoms with Crippen molar-refractivity contribution in [2.75, 3.05) is 27.2 Å². The van der Waals surface area contributed by atoms with Gasteiger partial charge in [0.15, 0.2) is 23.7 Å². The Kier molecular flexibility index (Phi) is 6.35. The maximum Gasteiger partial charge on any atom is 0.352 e. The fourth-order valence-electron chi connectivity index (χ4n) is 6.21. The second-order valence-corrected chi connectivity index (χ2v) is 9.38. The summed E-state index contributed by atoms with van der Waals surface area (Å²) in [5, 5.41) is 12.2. The van der Waals surface area contributed by atoms with Crippen LogP contribution < -0.4 is 15.2 Å². The second-order valence-electron chi connectivity index (χ2n) is 9.38. The maximum atomic E-state index is 12.8. The lowest BCUT2D eigenvalue weighted by Gasteiger charge is -2.61. The number of likely N-dealkylation sites (N-methyl/N-ethyl adjacent to an activating group) is 1. The molecule has 5 atom stereocenters. The largest absolute Gasteiger partial charge is 0.493 e. The minimum Gasteiger partial charge on any atom is -0.493 e. The number of hydrogen-bond donors (Lipinski definition) is 2. The van der Waals surface area contributed by atoms with Crippen molar-refractivity contribution in [2.45, 2.75) is 61.9 Å². The Balaban J connectivity index is 0.00000274. The van der Waals surface area contributed by atoms with Crippen LogP contribution in [0.1, 0.15) is 37.3 Å². The number of rotatable bonds is 6. The van der Waals surface area contributed by atoms with Crippen LogP contribution in [0.15, 0.2) is 24.0 Å². The van der Waals surface area contributed by atoms with E-state index in [0.717, 1.165) is 17.7 Å². The topological polar surface area (TPSA) is 121 Å². The molecule has 1 fully saturated rings. The number of piperidine rings is 1. The van der Waals surface area contributed by atoms with Gasteiger partial charge in [0.2, 0.25) is 0 Å². The number of carbonyl (C=O) groups excluding carboxylic acids is 2. The van der Waals surface area contributed by atoms with Crippen molar-refractivity contribution in [2.24, 2.45) is 5.73 Å². The first-order chi connectivity index (χ1) is 15.8. The van der Waals surface area contributed by atoms with Crippen LogP contribution in [0.2, 0.25) is 0 Å². The number of nitrogens with two attached hydrogens (primary N) is 1. The molecule has 0 amide bonds. The van der Waals surface area contributed by atoms with Crippen LogP contribution in [0.4, 0.5) is 0 Å². The van der Waals surface area contributed by atoms with Gasteiger partial charge < -0.3 is 34.7 Å². The van der Waals surface area contributed by atoms with Gasteiger partial charge in [-0.25, -0.2) is 4.79 Å². The number of halogens is 1. The number of benzene rings is 1. The molecule has 4 aliphatic rings. The highest BCUT2D eigenvalue weighted by Gasteiger charge is 2.72. The van der Waals surface area contributed by atoms with Crippen LogP contribution in [-0.2, 0) is 30.9 Å². The highest BCUT2D eigenvalue weighted by atomic mass is 35.5. The fraction of sp³-hybridized carbons (Fsp3) is 0.583. The van der Waals surface area contributed by atoms with E-state index in [2.05, 4.69) is 4.90 Å². The quantitative estimate of drug-likeness (QED) is 0.562. The lowest BCUT2D eigenvalue weighted by molar-refractivity contribution is -0.175. The molecule has 0 saturated carbocycles. The molecule has 9 nitrogen and oxygen atoms in total. The Morgan fingerprint density at radius 3 is 2.85 bits per heavy atom. The molecule has 2 heterocycles. The van der Waals surface area contributed by atoms with E-state index in [0.29, 0.717) is 36.5 Å². The minimum atomic E-state index is -1.09. The van der Waals surface area contributed by atoms with E-state index in [4.69, 9.17) is 24.7 Å². The van der Waals surface area contributed by atoms with Crippen LogP contribution >= 0.6 is 12.4 Å². The number of esters is 2. The average Bonchev–Trinajstić information content (AvgIpc) is 3.13. The highest BCUT2D eigenvalue weighted by Crippen LogP contribution is 2.65. The van der Waals surface area contributed by atoms with Gasteiger partial charge in [0, 0.05) is 24.6 Å². The molecule has 34 heavy (non-hydrogen) atoms. The average molecular weight is 495 g/mol. The second kappa shape index (κ2) is 8.71. The van der Waals surface area contributed by atoms with Crippen LogP contribution in [0.5, 0.6) is 11.5 Å². The molecule has 2 aliphatic heterocycles. The summed E-state index contributed by atoms with van der Waals surface area (Å²) in [6.45, 7) is 2.38. The number of nitrogens with zero attached hydrogens (tertiary/aromatic N) is 1. The first-order valence-electron chi connectivity index (χ1n) is 11.4. The molecule has 2 aliphatic carbocycles. The third-order valence-electron chi connectivity index (χ3n) is 7.77. The summed E-state index contributed by atoms with van der Waals surface area (Å²) in [7, 11) is 3.62. The molecule has 186 valence electrons. The summed E-state index contributed by atoms with van der Waals surface area (Å²) in [5.41, 5.74) is 5.61. The number of methoxy groups -OCH3 is 1. The van der Waals surface area contributed by atoms with E-state index >= 15 is 0 Å². The van der Waals surface area contributed by atoms with Gasteiger partial charge in [-0.15, -0.1) is 12.4 Å². The lowest BCUT2D eigenvalue weighted by Crippen LogP contribution is -2.74. The van der Waals surface area contributed by atoms with E-state index in [1.54, 1.807) is 13.2 Å². The predicted molar refractivity (Wildman–Crippen MR) is 124 cm³/mol. The summed E-state index contributed by atoms with van der Waals surface area (Å²) in [6.07, 6.45) is 1.66. The zero-order chi connectivity index (χ0) is 23.5. The Hall–Kier alpha value is -2.33. The molecule has 3 N–H and O–H groups in total. The van der Waals surface area contributed by atoms with Gasteiger partial charge in [0.1, 0.15) is 5.76 Å². The van der Waals surface area contributed by atoms with Gasteiger partial charge in [0.05, 0.1) is 24.5 Å². The van der Waals surface area contributed by atoms with Crippen LogP contribution in [0.25, 0.3) is 0 Å². The number of hydrogen-bond acceptors (Lipinski definition) is 9. The highest BCUT2D eigenvalue weighted by molar-refractivity contribution is 5.85. The van der Waals surface area contributed by atoms with Gasteiger partial charge in [0.25, 0.3) is 0 Å². The van der Waals surface area contributed by atoms with Gasteiger partial charge in [-0.05, 0) is 51.1 Å². The minimum absolute atomic E-state index is 0. The van der Waals surface area contributed by atoms with Crippen LogP contribution in [0, 0.1) is 0 Å². The smallest absolute Gasteiger partial charge is 0.352 e. The third-order valence-corrected chi connectivity index (χ3v) is 7.77. The first kappa shape index (κ1) is 24.8. The molecule has 0 radical (unpaired) electrons. The lowest BCUT2D eigenvalue weighted by atomic mass is 9.50. The third kappa shape index (κ3) is 3.25. The SMILES string of the molecule is COc1ccc2c3c1O[C@H]1C(OC(=O)[C@H](C)OC(=O)CCN)=CC[C@@]4(O)[C@@H](C2)N(C)CC[C@]314.Cl. The van der Waals surface area contributed by atoms with E-state index < -0.39 is 35.2 Å². The monoisotopic (exact) mass is 494 g/mol. The summed E-state index contributed by atoms with van der Waals surface area (Å²) < 4.78 is 22.9. The normalized spacial score (nSPS) is 31.3. The van der Waals surface area contributed by atoms with E-state index in [1.807, 2.05) is 19.2 Å². The number of aliphatic hydroxyl groups is 1. The summed E-state index contributed by atoms with van der Waals surface area (Å²) in [5.74, 6) is 0.276. The van der Waals surface area contributed by atoms with Crippen molar-refractivity contribution in [1.82, 2.24) is 4.90 Å². The molecular formula is C24H31ClN2O7. The number of likely N-dealkylation sites (tertiary alicyclic amines) is 1. The standard InChI is InChI=1S/C24H30N2O7.ClH/c1-13(31-18(27)7-10-25)22(28)32-16-6-8-24(29)17-12-14-4-5-15(30-3)20-19(14)23(24,21(16)33-20)9-11-26(17)2;/h4-6,13,17,21,29H,7-12,25H2,1-3H3;1H/t13-,17+,21-,23-,24+;/m0./s1. The Morgan fingerprint density at radius 2 is 2.15 bits per heavy atom. The zero-order valence-corrected chi connectivity index (χ0v) is 20.4. The van der Waals surface area contributed by atoms with Crippen molar-refractivity contribution in [3.63, 3.8) is 0 Å². The van der Waals surface area contributed by atoms with Crippen LogP contribution in [-0.4, -0.2) is 73.0 Å². The molecule has 2 bridgehead atoms. The molecule has 0 unspecified atom stereocenters. The zero-order valence-electron chi connectivity index (χ0n) is 19.5. The van der Waals surface area contributed by atoms with Crippen molar-refractivity contribution in [3.8, 4) is 11.5 Å². The van der Waals surface area contributed by atoms with Crippen molar-refractivity contribution in [1.29, 1.82) is 0 Å². The summed E-state index contributed by atoms with van der Waals surface area (Å²) in [4.78, 5) is 26.7. The maximum absolute atomic E-state index is 12.8. The van der Waals surface area contributed by atoms with E-state index in [9.17, 15) is 14.7 Å². The van der Waals surface area contributed by atoms with Gasteiger partial charge in [-0.3, -0.25) is 4.79 Å². The molecule has 0 aromatic heterocycles. The Bertz CT molecular complexity index is 1050. The Labute approximate surface area is 204 Å². The van der Waals surface area contributed by atoms with E-state index in [1.165, 1.54) is 6.92 Å². The number of carbonyl (C=O) groups is 2. The molecule has 5 rings (SSSR count). The summed E-state index contributed by atoms with van der Waals surface area (Å²) in [6, 6.07) is 3.84. The molecule has 1 aromatic carbocycles. The van der Waals surface area contributed by atoms with Crippen LogP contribution in [0.3, 0.4) is 0 Å². The molecule has 1 spiro atoms. The molecular weight excluding hydrogens is 464 g/mol. The molecule has 1 saturated heterocycles. The van der Waals surface area contributed by atoms with Crippen molar-refractivity contribution in [3.05, 3.63) is 35.1 Å². The van der Waals surface area contributed by atoms with Gasteiger partial charge in [-0.2, -0.15) is 0 Å².